The summed E-state index contributed by atoms with van der Waals surface area (Å²) in [5.74, 6) is 1.66. The quantitative estimate of drug-likeness (QED) is 0.486. The lowest BCUT2D eigenvalue weighted by molar-refractivity contribution is 0.407. The second-order valence-electron chi connectivity index (χ2n) is 6.96. The number of para-hydroxylation sites is 1. The Kier molecular flexibility index (Phi) is 4.70. The van der Waals surface area contributed by atoms with Crippen molar-refractivity contribution in [3.05, 3.63) is 89.5 Å². The molecule has 0 radical (unpaired) electrons. The van der Waals surface area contributed by atoms with Crippen molar-refractivity contribution in [3.63, 3.8) is 0 Å². The zero-order valence-electron chi connectivity index (χ0n) is 15.6. The van der Waals surface area contributed by atoms with Gasteiger partial charge in [0.15, 0.2) is 0 Å². The molecular formula is C24H21ClN2O. The molecule has 28 heavy (non-hydrogen) atoms. The molecule has 3 aromatic carbocycles. The molecule has 5 rings (SSSR count). The molecule has 0 bridgehead atoms. The predicted molar refractivity (Wildman–Crippen MR) is 117 cm³/mol. The summed E-state index contributed by atoms with van der Waals surface area (Å²) in [6.07, 6.45) is 0.916. The van der Waals surface area contributed by atoms with Crippen molar-refractivity contribution >= 4 is 29.0 Å². The number of halogens is 1. The number of hydrogen-bond donors (Lipinski definition) is 1. The Morgan fingerprint density at radius 3 is 2.39 bits per heavy atom. The van der Waals surface area contributed by atoms with Crippen LogP contribution in [0, 0.1) is 0 Å². The van der Waals surface area contributed by atoms with Gasteiger partial charge in [-0.3, -0.25) is 0 Å². The largest absolute Gasteiger partial charge is 0.496 e. The summed E-state index contributed by atoms with van der Waals surface area (Å²) in [6.45, 7) is 0. The molecule has 4 aromatic rings. The molecule has 0 amide bonds. The number of hydrogen-bond acceptors (Lipinski definition) is 3. The van der Waals surface area contributed by atoms with Gasteiger partial charge in [0.2, 0.25) is 0 Å². The van der Waals surface area contributed by atoms with Gasteiger partial charge in [0.05, 0.1) is 12.8 Å². The minimum Gasteiger partial charge on any atom is -0.496 e. The molecule has 0 fully saturated rings. The maximum Gasteiger partial charge on any atom is 0.131 e. The van der Waals surface area contributed by atoms with Gasteiger partial charge in [-0.05, 0) is 29.0 Å². The summed E-state index contributed by atoms with van der Waals surface area (Å²) >= 11 is 0. The highest BCUT2D eigenvalue weighted by Crippen LogP contribution is 2.47. The van der Waals surface area contributed by atoms with Gasteiger partial charge in [-0.25, -0.2) is 4.98 Å². The summed E-state index contributed by atoms with van der Waals surface area (Å²) in [7, 11) is 1.73. The van der Waals surface area contributed by atoms with E-state index in [2.05, 4.69) is 54.6 Å². The highest BCUT2D eigenvalue weighted by Gasteiger charge is 2.31. The first-order chi connectivity index (χ1) is 13.3. The normalized spacial score (nSPS) is 14.7. The van der Waals surface area contributed by atoms with Gasteiger partial charge in [-0.2, -0.15) is 0 Å². The highest BCUT2D eigenvalue weighted by molar-refractivity contribution is 5.98. The topological polar surface area (TPSA) is 48.1 Å². The first-order valence-electron chi connectivity index (χ1n) is 9.17. The number of nitrogens with zero attached hydrogens (tertiary/aromatic N) is 1. The summed E-state index contributed by atoms with van der Waals surface area (Å²) in [5.41, 5.74) is 12.2. The number of ether oxygens (including phenoxy) is 1. The predicted octanol–water partition coefficient (Wildman–Crippen LogP) is 5.60. The zero-order valence-corrected chi connectivity index (χ0v) is 16.4. The lowest BCUT2D eigenvalue weighted by Gasteiger charge is -2.30. The van der Waals surface area contributed by atoms with E-state index in [0.717, 1.165) is 23.3 Å². The van der Waals surface area contributed by atoms with E-state index in [1.54, 1.807) is 7.11 Å². The van der Waals surface area contributed by atoms with Gasteiger partial charge in [0.1, 0.15) is 11.6 Å². The van der Waals surface area contributed by atoms with Crippen LogP contribution in [0.2, 0.25) is 0 Å². The van der Waals surface area contributed by atoms with E-state index in [1.165, 1.54) is 27.6 Å². The molecule has 1 unspecified atom stereocenters. The molecule has 1 aliphatic carbocycles. The van der Waals surface area contributed by atoms with Crippen molar-refractivity contribution in [2.24, 2.45) is 0 Å². The molecular weight excluding hydrogens is 368 g/mol. The van der Waals surface area contributed by atoms with E-state index >= 15 is 0 Å². The first-order valence-corrected chi connectivity index (χ1v) is 9.17. The minimum atomic E-state index is 0. The third kappa shape index (κ3) is 2.71. The van der Waals surface area contributed by atoms with Crippen molar-refractivity contribution in [1.82, 2.24) is 4.98 Å². The Morgan fingerprint density at radius 2 is 1.57 bits per heavy atom. The molecule has 1 atom stereocenters. The van der Waals surface area contributed by atoms with Crippen LogP contribution in [0.1, 0.15) is 22.6 Å². The monoisotopic (exact) mass is 388 g/mol. The van der Waals surface area contributed by atoms with Crippen molar-refractivity contribution in [2.45, 2.75) is 12.3 Å². The van der Waals surface area contributed by atoms with Crippen LogP contribution < -0.4 is 10.5 Å². The summed E-state index contributed by atoms with van der Waals surface area (Å²) < 4.78 is 5.69. The Balaban J connectivity index is 0.00000192. The maximum atomic E-state index is 6.34. The smallest absolute Gasteiger partial charge is 0.131 e. The molecule has 2 N–H and O–H groups in total. The third-order valence-corrected chi connectivity index (χ3v) is 5.54. The van der Waals surface area contributed by atoms with Crippen LogP contribution in [0.25, 0.3) is 22.0 Å². The average molecular weight is 389 g/mol. The van der Waals surface area contributed by atoms with E-state index in [1.807, 2.05) is 18.2 Å². The number of pyridine rings is 1. The number of nitrogen functional groups attached to an aromatic ring is 1. The van der Waals surface area contributed by atoms with Gasteiger partial charge in [-0.1, -0.05) is 66.7 Å². The van der Waals surface area contributed by atoms with Crippen LogP contribution in [0.3, 0.4) is 0 Å². The number of rotatable bonds is 2. The first kappa shape index (κ1) is 18.3. The van der Waals surface area contributed by atoms with Gasteiger partial charge < -0.3 is 10.5 Å². The van der Waals surface area contributed by atoms with Crippen LogP contribution in [0.4, 0.5) is 5.82 Å². The Labute approximate surface area is 170 Å². The molecule has 140 valence electrons. The number of benzene rings is 3. The molecule has 1 heterocycles. The fraction of sp³-hybridized carbons (Fsp3) is 0.125. The summed E-state index contributed by atoms with van der Waals surface area (Å²) in [5, 5.41) is 2.18. The standard InChI is InChI=1S/C24H20N2O.ClH/c1-27-21-13-7-6-10-17(21)20-14-15-8-2-3-9-16(15)23-22(20)18-11-4-5-12-19(18)24(25)26-23;/h2-13,20H,14H2,1H3,(H2,25,26);1H. The molecule has 0 saturated heterocycles. The second-order valence-corrected chi connectivity index (χ2v) is 6.96. The lowest BCUT2D eigenvalue weighted by Crippen LogP contribution is -2.16. The molecule has 0 saturated carbocycles. The maximum absolute atomic E-state index is 6.34. The SMILES string of the molecule is COc1ccccc1C1Cc2ccccc2-c2nc(N)c3ccccc3c21.Cl. The van der Waals surface area contributed by atoms with Gasteiger partial charge >= 0.3 is 0 Å². The second kappa shape index (κ2) is 7.17. The minimum absolute atomic E-state index is 0. The van der Waals surface area contributed by atoms with Crippen molar-refractivity contribution in [2.75, 3.05) is 12.8 Å². The molecule has 1 aromatic heterocycles. The molecule has 3 nitrogen and oxygen atoms in total. The lowest BCUT2D eigenvalue weighted by atomic mass is 9.75. The number of methoxy groups -OCH3 is 1. The fourth-order valence-electron chi connectivity index (χ4n) is 4.34. The van der Waals surface area contributed by atoms with Gasteiger partial charge in [-0.15, -0.1) is 12.4 Å². The number of anilines is 1. The van der Waals surface area contributed by atoms with E-state index < -0.39 is 0 Å². The Hall–Kier alpha value is -3.04. The van der Waals surface area contributed by atoms with Gasteiger partial charge in [0, 0.05) is 22.4 Å². The van der Waals surface area contributed by atoms with Crippen molar-refractivity contribution in [3.8, 4) is 17.0 Å². The molecule has 1 aliphatic rings. The summed E-state index contributed by atoms with van der Waals surface area (Å²) in [4.78, 5) is 4.85. The highest BCUT2D eigenvalue weighted by atomic mass is 35.5. The van der Waals surface area contributed by atoms with Crippen molar-refractivity contribution < 1.29 is 4.74 Å². The number of fused-ring (bicyclic) bond motifs is 5. The number of nitrogens with two attached hydrogens (primary N) is 1. The fourth-order valence-corrected chi connectivity index (χ4v) is 4.34. The van der Waals surface area contributed by atoms with E-state index in [-0.39, 0.29) is 18.3 Å². The van der Waals surface area contributed by atoms with E-state index in [9.17, 15) is 0 Å². The van der Waals surface area contributed by atoms with E-state index in [0.29, 0.717) is 5.82 Å². The zero-order chi connectivity index (χ0) is 18.4. The molecule has 4 heteroatoms. The van der Waals surface area contributed by atoms with Crippen LogP contribution in [-0.2, 0) is 6.42 Å². The van der Waals surface area contributed by atoms with Crippen LogP contribution in [-0.4, -0.2) is 12.1 Å². The Bertz CT molecular complexity index is 1170. The van der Waals surface area contributed by atoms with Crippen LogP contribution in [0.15, 0.2) is 72.8 Å². The summed E-state index contributed by atoms with van der Waals surface area (Å²) in [6, 6.07) is 25.1. The van der Waals surface area contributed by atoms with Crippen molar-refractivity contribution in [1.29, 1.82) is 0 Å². The van der Waals surface area contributed by atoms with Crippen LogP contribution >= 0.6 is 12.4 Å². The van der Waals surface area contributed by atoms with Crippen LogP contribution in [0.5, 0.6) is 5.75 Å². The average Bonchev–Trinajstić information content (AvgIpc) is 2.73. The Morgan fingerprint density at radius 1 is 0.893 bits per heavy atom. The van der Waals surface area contributed by atoms with Gasteiger partial charge in [0.25, 0.3) is 0 Å². The van der Waals surface area contributed by atoms with E-state index in [4.69, 9.17) is 15.5 Å². The molecule has 0 aliphatic heterocycles. The third-order valence-electron chi connectivity index (χ3n) is 5.54. The molecule has 0 spiro atoms. The number of aromatic nitrogens is 1.